The summed E-state index contributed by atoms with van der Waals surface area (Å²) in [7, 11) is 0. The first-order valence-electron chi connectivity index (χ1n) is 26.1. The van der Waals surface area contributed by atoms with E-state index in [9.17, 15) is 0 Å². The molecule has 7 aliphatic rings. The Morgan fingerprint density at radius 1 is 0.171 bits per heavy atom. The SMILES string of the molecule is c1ccc(-n2c3ccccc3c3cc(N4c5ccc(cc5)-c5ccccc5-c5ccc(cc5)N(c5ccc6c(c5)c5ccccc5n6-c5ccccc5)c5ccc(cc5)-c5ccccc5-c5ccc4cc5)ccc32)cc1. The maximum absolute atomic E-state index is 2.40. The van der Waals surface area contributed by atoms with Crippen molar-refractivity contribution >= 4 is 77.7 Å². The predicted molar refractivity (Wildman–Crippen MR) is 320 cm³/mol. The second-order valence-corrected chi connectivity index (χ2v) is 19.7. The molecule has 0 fully saturated rings. The van der Waals surface area contributed by atoms with Crippen molar-refractivity contribution in [3.05, 3.63) is 291 Å². The molecule has 0 saturated heterocycles. The van der Waals surface area contributed by atoms with Gasteiger partial charge in [-0.25, -0.2) is 0 Å². The highest BCUT2D eigenvalue weighted by Crippen LogP contribution is 2.45. The summed E-state index contributed by atoms with van der Waals surface area (Å²) in [4.78, 5) is 4.79. The molecule has 7 aliphatic heterocycles. The van der Waals surface area contributed by atoms with E-state index in [4.69, 9.17) is 0 Å². The van der Waals surface area contributed by atoms with Crippen LogP contribution in [0.5, 0.6) is 0 Å². The Labute approximate surface area is 441 Å². The highest BCUT2D eigenvalue weighted by atomic mass is 15.1. The summed E-state index contributed by atoms with van der Waals surface area (Å²) in [5.74, 6) is 0. The first-order chi connectivity index (χ1) is 37.7. The summed E-state index contributed by atoms with van der Waals surface area (Å²) in [6, 6.07) is 107. The third kappa shape index (κ3) is 7.14. The molecule has 0 spiro atoms. The van der Waals surface area contributed by atoms with E-state index >= 15 is 0 Å². The van der Waals surface area contributed by atoms with Crippen LogP contribution in [0.25, 0.3) is 99.5 Å². The zero-order valence-corrected chi connectivity index (χ0v) is 41.5. The molecule has 0 atom stereocenters. The lowest BCUT2D eigenvalue weighted by Crippen LogP contribution is -2.10. The standard InChI is InChI=1S/C72H48N4/c1-3-15-53(16-4-1)75-69-25-13-11-23-65(69)67-47-59(43-45-71(67)75)73-55-35-27-49(28-36-55)61-19-7-9-21-63(61)51-31-39-57(40-32-51)74(58-41-33-52(34-42-58)64-22-10-8-20-62(64)50-29-37-56(73)38-30-50)60-44-46-72-68(48-60)66-24-12-14-26-70(66)76(72)54-17-5-2-6-18-54/h1-48H. The molecule has 4 heteroatoms. The molecule has 0 unspecified atom stereocenters. The molecule has 21 rings (SSSR count). The van der Waals surface area contributed by atoms with E-state index in [1.54, 1.807) is 0 Å². The number of hydrogen-bond acceptors (Lipinski definition) is 2. The number of hydrogen-bond donors (Lipinski definition) is 0. The molecule has 2 aromatic heterocycles. The highest BCUT2D eigenvalue weighted by Gasteiger charge is 2.22. The van der Waals surface area contributed by atoms with E-state index in [1.165, 1.54) is 65.9 Å². The van der Waals surface area contributed by atoms with Gasteiger partial charge in [0.1, 0.15) is 0 Å². The van der Waals surface area contributed by atoms with E-state index < -0.39 is 0 Å². The van der Waals surface area contributed by atoms with Gasteiger partial charge in [0, 0.05) is 67.0 Å². The third-order valence-corrected chi connectivity index (χ3v) is 15.5. The number of rotatable bonds is 4. The van der Waals surface area contributed by atoms with Gasteiger partial charge in [-0.05, 0) is 166 Å². The molecule has 0 amide bonds. The fraction of sp³-hybridized carbons (Fsp3) is 0. The minimum Gasteiger partial charge on any atom is -0.310 e. The van der Waals surface area contributed by atoms with Gasteiger partial charge in [-0.2, -0.15) is 0 Å². The average molecular weight is 969 g/mol. The third-order valence-electron chi connectivity index (χ3n) is 15.5. The largest absolute Gasteiger partial charge is 0.310 e. The minimum atomic E-state index is 1.08. The minimum absolute atomic E-state index is 1.08. The smallest absolute Gasteiger partial charge is 0.0542 e. The number of anilines is 6. The molecule has 8 bridgehead atoms. The van der Waals surface area contributed by atoms with Gasteiger partial charge in [0.25, 0.3) is 0 Å². The molecule has 76 heavy (non-hydrogen) atoms. The topological polar surface area (TPSA) is 16.3 Å². The Kier molecular flexibility index (Phi) is 10.2. The van der Waals surface area contributed by atoms with Gasteiger partial charge in [0.05, 0.1) is 22.1 Å². The molecule has 4 nitrogen and oxygen atoms in total. The van der Waals surface area contributed by atoms with Crippen LogP contribution < -0.4 is 9.80 Å². The predicted octanol–water partition coefficient (Wildman–Crippen LogP) is 19.8. The molecule has 14 aromatic rings. The monoisotopic (exact) mass is 968 g/mol. The summed E-state index contributed by atoms with van der Waals surface area (Å²) >= 11 is 0. The van der Waals surface area contributed by atoms with E-state index in [-0.39, 0.29) is 0 Å². The van der Waals surface area contributed by atoms with Crippen LogP contribution in [0.1, 0.15) is 0 Å². The first kappa shape index (κ1) is 43.4. The Bertz CT molecular complexity index is 4050. The van der Waals surface area contributed by atoms with Crippen molar-refractivity contribution < 1.29 is 0 Å². The molecule has 9 heterocycles. The van der Waals surface area contributed by atoms with Gasteiger partial charge in [-0.1, -0.05) is 170 Å². The summed E-state index contributed by atoms with van der Waals surface area (Å²) in [6.07, 6.45) is 0. The lowest BCUT2D eigenvalue weighted by molar-refractivity contribution is 1.18. The normalized spacial score (nSPS) is 12.2. The van der Waals surface area contributed by atoms with Crippen molar-refractivity contribution in [2.45, 2.75) is 0 Å². The Morgan fingerprint density at radius 2 is 0.434 bits per heavy atom. The van der Waals surface area contributed by atoms with Crippen LogP contribution in [0.3, 0.4) is 0 Å². The fourth-order valence-electron chi connectivity index (χ4n) is 11.9. The summed E-state index contributed by atoms with van der Waals surface area (Å²) in [6.45, 7) is 0. The van der Waals surface area contributed by atoms with Gasteiger partial charge < -0.3 is 18.9 Å². The molecule has 0 N–H and O–H groups in total. The van der Waals surface area contributed by atoms with Crippen molar-refractivity contribution in [1.82, 2.24) is 9.13 Å². The van der Waals surface area contributed by atoms with E-state index in [1.807, 2.05) is 0 Å². The van der Waals surface area contributed by atoms with Crippen molar-refractivity contribution in [2.75, 3.05) is 9.80 Å². The fourth-order valence-corrected chi connectivity index (χ4v) is 11.9. The number of nitrogens with zero attached hydrogens (tertiary/aromatic N) is 4. The van der Waals surface area contributed by atoms with Crippen LogP contribution in [0.4, 0.5) is 34.1 Å². The maximum Gasteiger partial charge on any atom is 0.0542 e. The highest BCUT2D eigenvalue weighted by molar-refractivity contribution is 6.12. The summed E-state index contributed by atoms with van der Waals surface area (Å²) in [5, 5.41) is 4.86. The van der Waals surface area contributed by atoms with Crippen LogP contribution in [0, 0.1) is 0 Å². The molecular weight excluding hydrogens is 921 g/mol. The maximum atomic E-state index is 2.40. The van der Waals surface area contributed by atoms with Crippen molar-refractivity contribution in [3.63, 3.8) is 0 Å². The second-order valence-electron chi connectivity index (χ2n) is 19.7. The zero-order valence-electron chi connectivity index (χ0n) is 41.5. The van der Waals surface area contributed by atoms with Gasteiger partial charge in [0.2, 0.25) is 0 Å². The zero-order chi connectivity index (χ0) is 50.1. The van der Waals surface area contributed by atoms with Gasteiger partial charge in [-0.3, -0.25) is 0 Å². The Balaban J connectivity index is 0.894. The van der Waals surface area contributed by atoms with Gasteiger partial charge in [-0.15, -0.1) is 0 Å². The number of aromatic nitrogens is 2. The molecule has 0 aliphatic carbocycles. The molecule has 12 aromatic carbocycles. The van der Waals surface area contributed by atoms with Crippen LogP contribution in [0.15, 0.2) is 291 Å². The van der Waals surface area contributed by atoms with Gasteiger partial charge >= 0.3 is 0 Å². The quantitative estimate of drug-likeness (QED) is 0.175. The second kappa shape index (κ2) is 17.8. The number of fused-ring (bicyclic) bond motifs is 6. The lowest BCUT2D eigenvalue weighted by Gasteiger charge is -2.27. The van der Waals surface area contributed by atoms with Crippen molar-refractivity contribution in [1.29, 1.82) is 0 Å². The van der Waals surface area contributed by atoms with Crippen LogP contribution in [0.2, 0.25) is 0 Å². The van der Waals surface area contributed by atoms with E-state index in [0.29, 0.717) is 0 Å². The molecule has 0 saturated carbocycles. The van der Waals surface area contributed by atoms with Gasteiger partial charge in [0.15, 0.2) is 0 Å². The van der Waals surface area contributed by atoms with Crippen molar-refractivity contribution in [2.24, 2.45) is 0 Å². The molecule has 356 valence electrons. The summed E-state index contributed by atoms with van der Waals surface area (Å²) in [5.41, 5.74) is 22.9. The Hall–Kier alpha value is -10.2. The van der Waals surface area contributed by atoms with Crippen LogP contribution in [-0.2, 0) is 0 Å². The Morgan fingerprint density at radius 3 is 0.763 bits per heavy atom. The van der Waals surface area contributed by atoms with Crippen LogP contribution in [-0.4, -0.2) is 9.13 Å². The number of benzene rings is 12. The summed E-state index contributed by atoms with van der Waals surface area (Å²) < 4.78 is 4.76. The number of para-hydroxylation sites is 4. The molecule has 0 radical (unpaired) electrons. The van der Waals surface area contributed by atoms with Crippen LogP contribution >= 0.6 is 0 Å². The van der Waals surface area contributed by atoms with E-state index in [0.717, 1.165) is 67.8 Å². The van der Waals surface area contributed by atoms with E-state index in [2.05, 4.69) is 310 Å². The average Bonchev–Trinajstić information content (AvgIpc) is 4.06. The molecular formula is C72H48N4. The first-order valence-corrected chi connectivity index (χ1v) is 26.1. The van der Waals surface area contributed by atoms with Crippen molar-refractivity contribution in [3.8, 4) is 55.9 Å². The lowest BCUT2D eigenvalue weighted by atomic mass is 9.93.